The van der Waals surface area contributed by atoms with E-state index in [1.54, 1.807) is 13.8 Å². The van der Waals surface area contributed by atoms with Crippen molar-refractivity contribution in [2.24, 2.45) is 17.4 Å². The van der Waals surface area contributed by atoms with Crippen molar-refractivity contribution in [2.45, 2.75) is 94.7 Å². The Morgan fingerprint density at radius 2 is 1.07 bits per heavy atom. The number of phenols is 1. The molecular weight excluding hydrogens is 777 g/mol. The first kappa shape index (κ1) is 49.4. The lowest BCUT2D eigenvalue weighted by atomic mass is 10.0. The quantitative estimate of drug-likeness (QED) is 0.0322. The second-order valence-electron chi connectivity index (χ2n) is 13.1. The summed E-state index contributed by atoms with van der Waals surface area (Å²) in [6, 6.07) is -4.05. The number of aliphatic hydroxyl groups is 1. The molecule has 56 heavy (non-hydrogen) atoms. The van der Waals surface area contributed by atoms with Crippen LogP contribution in [0.1, 0.15) is 51.5 Å². The highest BCUT2D eigenvalue weighted by Gasteiger charge is 2.33. The van der Waals surface area contributed by atoms with E-state index in [1.165, 1.54) is 24.3 Å². The number of thiol groups is 2. The highest BCUT2D eigenvalue weighted by Crippen LogP contribution is 2.13. The van der Waals surface area contributed by atoms with E-state index in [0.717, 1.165) is 0 Å². The monoisotopic (exact) mass is 830 g/mol. The van der Waals surface area contributed by atoms with Gasteiger partial charge in [-0.05, 0) is 55.8 Å². The number of unbranched alkanes of at least 4 members (excludes halogenated alkanes) is 1. The van der Waals surface area contributed by atoms with Gasteiger partial charge in [0.25, 0.3) is 0 Å². The van der Waals surface area contributed by atoms with Gasteiger partial charge in [-0.2, -0.15) is 25.3 Å². The average molecular weight is 831 g/mol. The van der Waals surface area contributed by atoms with E-state index in [2.05, 4.69) is 57.2 Å². The molecule has 1 aromatic rings. The number of carbonyl (C=O) groups is 8. The number of hydrogen-bond donors (Lipinski definition) is 14. The third-order valence-corrected chi connectivity index (χ3v) is 9.05. The largest absolute Gasteiger partial charge is 0.508 e. The summed E-state index contributed by atoms with van der Waals surface area (Å²) in [4.78, 5) is 102. The van der Waals surface area contributed by atoms with Gasteiger partial charge in [0.05, 0.1) is 12.6 Å². The molecule has 0 aliphatic rings. The predicted octanol–water partition coefficient (Wildman–Crippen LogP) is -3.24. The number of phenolic OH excluding ortho intramolecular Hbond substituents is 1. The van der Waals surface area contributed by atoms with Crippen LogP contribution in [0.3, 0.4) is 0 Å². The number of carbonyl (C=O) groups excluding carboxylic acids is 6. The molecule has 0 aliphatic heterocycles. The van der Waals surface area contributed by atoms with Gasteiger partial charge >= 0.3 is 11.9 Å². The molecule has 0 radical (unpaired) electrons. The van der Waals surface area contributed by atoms with Gasteiger partial charge in [-0.3, -0.25) is 33.6 Å². The number of nitrogens with one attached hydrogen (secondary N) is 6. The minimum Gasteiger partial charge on any atom is -0.508 e. The smallest absolute Gasteiger partial charge is 0.328 e. The summed E-state index contributed by atoms with van der Waals surface area (Å²) in [6.07, 6.45) is -0.492. The molecule has 0 aromatic heterocycles. The van der Waals surface area contributed by atoms with Gasteiger partial charge in [0.1, 0.15) is 42.0 Å². The molecule has 7 atom stereocenters. The van der Waals surface area contributed by atoms with Crippen LogP contribution in [-0.4, -0.2) is 135 Å². The number of amides is 6. The fourth-order valence-electron chi connectivity index (χ4n) is 4.88. The van der Waals surface area contributed by atoms with E-state index in [0.29, 0.717) is 18.4 Å². The van der Waals surface area contributed by atoms with Crippen LogP contribution < -0.4 is 43.4 Å². The predicted molar refractivity (Wildman–Crippen MR) is 208 cm³/mol. The van der Waals surface area contributed by atoms with Crippen molar-refractivity contribution >= 4 is 72.6 Å². The molecule has 1 aromatic carbocycles. The SMILES string of the molecule is CC(C)[C@H](N)C(=O)N[C@@H](CS)C(=O)N[C@@H](CCC(=O)O)C(=O)N[C@@H](CCCCN)C(=O)N[C@@H](Cc1ccc(O)cc1)C(=O)N[C@@H](CS)C(=O)N[C@@H](CO)C(=O)O. The van der Waals surface area contributed by atoms with Crippen LogP contribution in [0.15, 0.2) is 24.3 Å². The van der Waals surface area contributed by atoms with Crippen LogP contribution in [0.5, 0.6) is 5.75 Å². The average Bonchev–Trinajstić information content (AvgIpc) is 3.15. The molecule has 0 fully saturated rings. The van der Waals surface area contributed by atoms with Gasteiger partial charge in [-0.15, -0.1) is 0 Å². The van der Waals surface area contributed by atoms with Gasteiger partial charge < -0.3 is 63.8 Å². The number of aliphatic hydroxyl groups excluding tert-OH is 1. The molecule has 0 unspecified atom stereocenters. The van der Waals surface area contributed by atoms with E-state index < -0.39 is 109 Å². The van der Waals surface area contributed by atoms with E-state index >= 15 is 0 Å². The fraction of sp³-hybridized carbons (Fsp3) is 0.588. The molecule has 20 nitrogen and oxygen atoms in total. The van der Waals surface area contributed by atoms with Crippen molar-refractivity contribution in [1.29, 1.82) is 0 Å². The fourth-order valence-corrected chi connectivity index (χ4v) is 5.40. The van der Waals surface area contributed by atoms with Crippen LogP contribution >= 0.6 is 25.3 Å². The Morgan fingerprint density at radius 3 is 1.52 bits per heavy atom. The standard InChI is InChI=1S/C34H54N8O12S2/c1-17(2)27(36)33(52)42-25(16-56)31(50)38-21(10-11-26(45)46)29(48)37-20(5-3-4-12-35)28(47)39-22(13-18-6-8-19(44)9-7-18)30(49)41-24(15-55)32(51)40-23(14-43)34(53)54/h6-9,17,20-25,27,43-44,55-56H,3-5,10-16,35-36H2,1-2H3,(H,37,48)(H,38,50)(H,39,47)(H,40,51)(H,41,49)(H,42,52)(H,45,46)(H,53,54)/t20-,21-,22-,23-,24-,25-,27-/m0/s1. The summed E-state index contributed by atoms with van der Waals surface area (Å²) in [6.45, 7) is 2.69. The maximum Gasteiger partial charge on any atom is 0.328 e. The third-order valence-electron chi connectivity index (χ3n) is 8.32. The topological polar surface area (TPSA) is 342 Å². The van der Waals surface area contributed by atoms with Crippen molar-refractivity contribution in [3.05, 3.63) is 29.8 Å². The molecule has 6 amide bonds. The van der Waals surface area contributed by atoms with E-state index in [1.807, 2.05) is 0 Å². The number of hydrogen-bond acceptors (Lipinski definition) is 14. The molecule has 0 aliphatic carbocycles. The summed E-state index contributed by atoms with van der Waals surface area (Å²) in [5.74, 6) is -9.00. The number of aromatic hydroxyl groups is 1. The minimum absolute atomic E-state index is 0.0241. The second-order valence-corrected chi connectivity index (χ2v) is 13.8. The Labute approximate surface area is 334 Å². The Morgan fingerprint density at radius 1 is 0.643 bits per heavy atom. The zero-order valence-corrected chi connectivity index (χ0v) is 32.9. The summed E-state index contributed by atoms with van der Waals surface area (Å²) in [5.41, 5.74) is 12.0. The van der Waals surface area contributed by atoms with Crippen LogP contribution in [0, 0.1) is 5.92 Å². The molecule has 14 N–H and O–H groups in total. The first-order valence-electron chi connectivity index (χ1n) is 17.7. The number of carboxylic acid groups (broad SMARTS) is 2. The summed E-state index contributed by atoms with van der Waals surface area (Å²) < 4.78 is 0. The summed E-state index contributed by atoms with van der Waals surface area (Å²) in [5, 5.41) is 52.0. The van der Waals surface area contributed by atoms with Crippen LogP contribution in [-0.2, 0) is 44.8 Å². The van der Waals surface area contributed by atoms with E-state index in [9.17, 15) is 58.8 Å². The van der Waals surface area contributed by atoms with E-state index in [4.69, 9.17) is 11.5 Å². The van der Waals surface area contributed by atoms with Crippen LogP contribution in [0.4, 0.5) is 0 Å². The number of carboxylic acids is 2. The van der Waals surface area contributed by atoms with Gasteiger partial charge in [0.2, 0.25) is 35.4 Å². The number of benzene rings is 1. The second kappa shape index (κ2) is 25.5. The maximum atomic E-state index is 13.9. The lowest BCUT2D eigenvalue weighted by molar-refractivity contribution is -0.143. The summed E-state index contributed by atoms with van der Waals surface area (Å²) >= 11 is 8.18. The lowest BCUT2D eigenvalue weighted by Crippen LogP contribution is -2.60. The van der Waals surface area contributed by atoms with Gasteiger partial charge in [-0.25, -0.2) is 4.79 Å². The molecule has 0 bridgehead atoms. The third kappa shape index (κ3) is 17.4. The Bertz CT molecular complexity index is 1500. The highest BCUT2D eigenvalue weighted by molar-refractivity contribution is 7.80. The molecule has 314 valence electrons. The van der Waals surface area contributed by atoms with Crippen molar-refractivity contribution in [2.75, 3.05) is 24.7 Å². The Hall–Kier alpha value is -4.64. The first-order chi connectivity index (χ1) is 26.4. The molecule has 0 saturated heterocycles. The lowest BCUT2D eigenvalue weighted by Gasteiger charge is -2.27. The molecule has 1 rings (SSSR count). The van der Waals surface area contributed by atoms with E-state index in [-0.39, 0.29) is 42.6 Å². The van der Waals surface area contributed by atoms with Crippen LogP contribution in [0.25, 0.3) is 0 Å². The van der Waals surface area contributed by atoms with Crippen molar-refractivity contribution in [3.8, 4) is 5.75 Å². The first-order valence-corrected chi connectivity index (χ1v) is 19.0. The number of nitrogens with two attached hydrogens (primary N) is 2. The Kier molecular flexibility index (Phi) is 22.5. The van der Waals surface area contributed by atoms with Crippen molar-refractivity contribution in [3.63, 3.8) is 0 Å². The minimum atomic E-state index is -1.68. The molecule has 0 spiro atoms. The maximum absolute atomic E-state index is 13.9. The van der Waals surface area contributed by atoms with Crippen molar-refractivity contribution < 1.29 is 58.8 Å². The normalized spacial score (nSPS) is 14.8. The summed E-state index contributed by atoms with van der Waals surface area (Å²) in [7, 11) is 0. The molecule has 22 heteroatoms. The van der Waals surface area contributed by atoms with Gasteiger partial charge in [0.15, 0.2) is 0 Å². The zero-order valence-electron chi connectivity index (χ0n) is 31.1. The molecule has 0 heterocycles. The van der Waals surface area contributed by atoms with Crippen LogP contribution in [0.2, 0.25) is 0 Å². The van der Waals surface area contributed by atoms with Gasteiger partial charge in [0, 0.05) is 24.3 Å². The van der Waals surface area contributed by atoms with Gasteiger partial charge in [-0.1, -0.05) is 26.0 Å². The molecular formula is C34H54N8O12S2. The van der Waals surface area contributed by atoms with Crippen molar-refractivity contribution in [1.82, 2.24) is 31.9 Å². The highest BCUT2D eigenvalue weighted by atomic mass is 32.1. The zero-order chi connectivity index (χ0) is 42.5. The molecule has 0 saturated carbocycles. The number of rotatable bonds is 26. The Balaban J connectivity index is 3.40. The number of aliphatic carboxylic acids is 2.